The van der Waals surface area contributed by atoms with Crippen molar-refractivity contribution in [2.24, 2.45) is 5.73 Å². The molecule has 1 atom stereocenters. The number of rotatable bonds is 8. The predicted octanol–water partition coefficient (Wildman–Crippen LogP) is 2.74. The molecule has 1 aromatic carbocycles. The number of aromatic nitrogens is 2. The lowest BCUT2D eigenvalue weighted by Gasteiger charge is -2.35. The summed E-state index contributed by atoms with van der Waals surface area (Å²) in [5.74, 6) is 1.51. The van der Waals surface area contributed by atoms with Gasteiger partial charge in [-0.2, -0.15) is 4.98 Å². The molecule has 4 N–H and O–H groups in total. The molecule has 0 saturated carbocycles. The summed E-state index contributed by atoms with van der Waals surface area (Å²) in [4.78, 5) is 14.1. The van der Waals surface area contributed by atoms with E-state index in [1.807, 2.05) is 12.3 Å². The van der Waals surface area contributed by atoms with Crippen LogP contribution in [0, 0.1) is 5.82 Å². The van der Waals surface area contributed by atoms with Crippen LogP contribution in [-0.2, 0) is 6.54 Å². The molecule has 8 heteroatoms. The molecule has 1 aromatic heterocycles. The number of piperidine rings is 2. The molecule has 0 unspecified atom stereocenters. The molecule has 4 rings (SSSR count). The van der Waals surface area contributed by atoms with Crippen LogP contribution < -0.4 is 26.2 Å². The summed E-state index contributed by atoms with van der Waals surface area (Å²) >= 11 is 0. The van der Waals surface area contributed by atoms with Crippen LogP contribution in [0.2, 0.25) is 0 Å². The summed E-state index contributed by atoms with van der Waals surface area (Å²) < 4.78 is 13.7. The largest absolute Gasteiger partial charge is 0.369 e. The van der Waals surface area contributed by atoms with Crippen LogP contribution in [-0.4, -0.2) is 55.3 Å². The van der Waals surface area contributed by atoms with Crippen molar-refractivity contribution in [3.8, 4) is 0 Å². The highest BCUT2D eigenvalue weighted by Crippen LogP contribution is 2.25. The summed E-state index contributed by atoms with van der Waals surface area (Å²) in [6.07, 6.45) is 7.72. The molecule has 0 bridgehead atoms. The summed E-state index contributed by atoms with van der Waals surface area (Å²) in [6.45, 7) is 5.82. The Kier molecular flexibility index (Phi) is 7.53. The van der Waals surface area contributed by atoms with Crippen LogP contribution >= 0.6 is 0 Å². The van der Waals surface area contributed by atoms with Crippen molar-refractivity contribution in [1.82, 2.24) is 15.3 Å². The van der Waals surface area contributed by atoms with Crippen LogP contribution in [0.15, 0.2) is 30.5 Å². The van der Waals surface area contributed by atoms with E-state index in [1.165, 1.54) is 25.3 Å². The zero-order valence-electron chi connectivity index (χ0n) is 18.2. The number of nitrogens with two attached hydrogens (primary N) is 1. The lowest BCUT2D eigenvalue weighted by molar-refractivity contribution is 0.526. The Hall–Kier alpha value is -2.45. The highest BCUT2D eigenvalue weighted by atomic mass is 19.1. The average Bonchev–Trinajstić information content (AvgIpc) is 2.81. The molecular formula is C23H34FN7. The smallest absolute Gasteiger partial charge is 0.227 e. The van der Waals surface area contributed by atoms with Crippen molar-refractivity contribution >= 4 is 17.5 Å². The van der Waals surface area contributed by atoms with Gasteiger partial charge in [-0.25, -0.2) is 9.37 Å². The molecule has 2 aliphatic heterocycles. The Balaban J connectivity index is 1.50. The number of nitrogens with zero attached hydrogens (tertiary/aromatic N) is 4. The van der Waals surface area contributed by atoms with E-state index in [9.17, 15) is 4.39 Å². The van der Waals surface area contributed by atoms with E-state index < -0.39 is 0 Å². The molecule has 0 spiro atoms. The molecule has 0 radical (unpaired) electrons. The van der Waals surface area contributed by atoms with E-state index in [4.69, 9.17) is 10.7 Å². The number of benzene rings is 1. The minimum atomic E-state index is -0.192. The quantitative estimate of drug-likeness (QED) is 0.559. The second kappa shape index (κ2) is 10.7. The highest BCUT2D eigenvalue weighted by Gasteiger charge is 2.23. The van der Waals surface area contributed by atoms with Crippen LogP contribution in [0.4, 0.5) is 21.8 Å². The summed E-state index contributed by atoms with van der Waals surface area (Å²) in [5, 5.41) is 7.04. The van der Waals surface area contributed by atoms with Gasteiger partial charge in [-0.3, -0.25) is 0 Å². The molecule has 3 heterocycles. The lowest BCUT2D eigenvalue weighted by atomic mass is 10.0. The Bertz CT molecular complexity index is 840. The number of hydrogen-bond acceptors (Lipinski definition) is 7. The van der Waals surface area contributed by atoms with E-state index in [0.717, 1.165) is 68.6 Å². The summed E-state index contributed by atoms with van der Waals surface area (Å²) in [5.41, 5.74) is 7.63. The van der Waals surface area contributed by atoms with Gasteiger partial charge in [0.1, 0.15) is 11.6 Å². The molecule has 2 aromatic rings. The first kappa shape index (κ1) is 21.8. The summed E-state index contributed by atoms with van der Waals surface area (Å²) in [6, 6.07) is 7.11. The van der Waals surface area contributed by atoms with Gasteiger partial charge < -0.3 is 26.2 Å². The SMILES string of the molecule is NCCNCc1cnc(N2CCCCC2)nc1N[C@@H]1CCCN(c2cccc(F)c2)C1. The first-order valence-corrected chi connectivity index (χ1v) is 11.5. The predicted molar refractivity (Wildman–Crippen MR) is 124 cm³/mol. The Labute approximate surface area is 184 Å². The van der Waals surface area contributed by atoms with Crippen LogP contribution in [0.25, 0.3) is 0 Å². The van der Waals surface area contributed by atoms with E-state index in [0.29, 0.717) is 13.1 Å². The van der Waals surface area contributed by atoms with Crippen LogP contribution in [0.5, 0.6) is 0 Å². The van der Waals surface area contributed by atoms with Crippen molar-refractivity contribution in [2.45, 2.75) is 44.7 Å². The molecule has 7 nitrogen and oxygen atoms in total. The molecule has 2 saturated heterocycles. The maximum Gasteiger partial charge on any atom is 0.227 e. The van der Waals surface area contributed by atoms with E-state index in [2.05, 4.69) is 25.4 Å². The minimum absolute atomic E-state index is 0.192. The average molecular weight is 428 g/mol. The standard InChI is InChI=1S/C23H34FN7/c24-19-6-4-8-21(14-19)31-13-5-7-20(17-31)28-22-18(15-26-10-9-25)16-27-23(29-22)30-11-2-1-3-12-30/h4,6,8,14,16,20,26H,1-3,5,7,9-13,15,17,25H2,(H,27,28,29)/t20-/m1/s1. The number of anilines is 3. The van der Waals surface area contributed by atoms with Gasteiger partial charge in [0, 0.05) is 69.3 Å². The fourth-order valence-electron chi connectivity index (χ4n) is 4.42. The first-order chi connectivity index (χ1) is 15.2. The molecule has 2 aliphatic rings. The maximum atomic E-state index is 13.7. The van der Waals surface area contributed by atoms with Crippen molar-refractivity contribution in [1.29, 1.82) is 0 Å². The van der Waals surface area contributed by atoms with Gasteiger partial charge in [0.25, 0.3) is 0 Å². The number of hydrogen-bond donors (Lipinski definition) is 3. The Morgan fingerprint density at radius 2 is 1.94 bits per heavy atom. The number of halogens is 1. The third-order valence-corrected chi connectivity index (χ3v) is 6.06. The molecule has 168 valence electrons. The van der Waals surface area contributed by atoms with Gasteiger partial charge in [-0.05, 0) is 50.3 Å². The monoisotopic (exact) mass is 427 g/mol. The second-order valence-electron chi connectivity index (χ2n) is 8.47. The van der Waals surface area contributed by atoms with Gasteiger partial charge in [0.05, 0.1) is 0 Å². The molecule has 2 fully saturated rings. The third-order valence-electron chi connectivity index (χ3n) is 6.06. The van der Waals surface area contributed by atoms with Gasteiger partial charge in [-0.15, -0.1) is 0 Å². The van der Waals surface area contributed by atoms with Crippen LogP contribution in [0.3, 0.4) is 0 Å². The zero-order valence-corrected chi connectivity index (χ0v) is 18.2. The molecular weight excluding hydrogens is 393 g/mol. The Morgan fingerprint density at radius 3 is 2.74 bits per heavy atom. The fraction of sp³-hybridized carbons (Fsp3) is 0.565. The van der Waals surface area contributed by atoms with Gasteiger partial charge in [-0.1, -0.05) is 6.07 Å². The topological polar surface area (TPSA) is 82.3 Å². The normalized spacial score (nSPS) is 19.5. The highest BCUT2D eigenvalue weighted by molar-refractivity contribution is 5.51. The molecule has 0 aliphatic carbocycles. The fourth-order valence-corrected chi connectivity index (χ4v) is 4.42. The molecule has 0 amide bonds. The first-order valence-electron chi connectivity index (χ1n) is 11.5. The maximum absolute atomic E-state index is 13.7. The summed E-state index contributed by atoms with van der Waals surface area (Å²) in [7, 11) is 0. The third kappa shape index (κ3) is 5.83. The lowest BCUT2D eigenvalue weighted by Crippen LogP contribution is -2.42. The van der Waals surface area contributed by atoms with Gasteiger partial charge in [0.15, 0.2) is 0 Å². The Morgan fingerprint density at radius 1 is 1.10 bits per heavy atom. The molecule has 31 heavy (non-hydrogen) atoms. The zero-order chi connectivity index (χ0) is 21.5. The van der Waals surface area contributed by atoms with Crippen molar-refractivity contribution in [2.75, 3.05) is 54.4 Å². The van der Waals surface area contributed by atoms with E-state index in [-0.39, 0.29) is 11.9 Å². The number of nitrogens with one attached hydrogen (secondary N) is 2. The van der Waals surface area contributed by atoms with Gasteiger partial charge in [0.2, 0.25) is 5.95 Å². The van der Waals surface area contributed by atoms with Gasteiger partial charge >= 0.3 is 0 Å². The van der Waals surface area contributed by atoms with E-state index in [1.54, 1.807) is 12.1 Å². The second-order valence-corrected chi connectivity index (χ2v) is 8.47. The van der Waals surface area contributed by atoms with Crippen molar-refractivity contribution in [3.63, 3.8) is 0 Å². The van der Waals surface area contributed by atoms with Crippen molar-refractivity contribution < 1.29 is 4.39 Å². The van der Waals surface area contributed by atoms with Crippen LogP contribution in [0.1, 0.15) is 37.7 Å². The van der Waals surface area contributed by atoms with Crippen molar-refractivity contribution in [3.05, 3.63) is 41.8 Å². The minimum Gasteiger partial charge on any atom is -0.369 e. The van der Waals surface area contributed by atoms with E-state index >= 15 is 0 Å².